The van der Waals surface area contributed by atoms with Crippen molar-refractivity contribution in [3.05, 3.63) is 28.8 Å². The normalized spacial score (nSPS) is 11.5. The van der Waals surface area contributed by atoms with Crippen molar-refractivity contribution in [2.75, 3.05) is 13.1 Å². The van der Waals surface area contributed by atoms with E-state index >= 15 is 0 Å². The molecule has 0 N–H and O–H groups in total. The number of benzene rings is 1. The minimum Gasteiger partial charge on any atom is -0.339 e. The summed E-state index contributed by atoms with van der Waals surface area (Å²) in [4.78, 5) is 14.7. The molecule has 1 rings (SSSR count). The summed E-state index contributed by atoms with van der Waals surface area (Å²) in [6.45, 7) is 16.7. The van der Waals surface area contributed by atoms with Gasteiger partial charge < -0.3 is 4.90 Å². The molecule has 1 aromatic carbocycles. The number of carbonyl (C=O) groups excluding carboxylic acids is 1. The van der Waals surface area contributed by atoms with E-state index in [2.05, 4.69) is 45.6 Å². The third-order valence-electron chi connectivity index (χ3n) is 3.55. The molecule has 0 heterocycles. The molecule has 1 amide bonds. The van der Waals surface area contributed by atoms with Crippen LogP contribution in [0.15, 0.2) is 12.1 Å². The minimum absolute atomic E-state index is 0.194. The largest absolute Gasteiger partial charge is 0.339 e. The molecule has 0 unspecified atom stereocenters. The fraction of sp³-hybridized carbons (Fsp3) is 0.562. The Kier molecular flexibility index (Phi) is 4.96. The molecule has 0 saturated carbocycles. The second kappa shape index (κ2) is 5.91. The van der Waals surface area contributed by atoms with Crippen LogP contribution in [0.25, 0.3) is 0 Å². The molecular weight excluding hydrogens is 250 g/mol. The van der Waals surface area contributed by atoms with E-state index in [4.69, 9.17) is 0 Å². The Labute approximate surface area is 118 Å². The van der Waals surface area contributed by atoms with Gasteiger partial charge in [-0.1, -0.05) is 37.3 Å². The van der Waals surface area contributed by atoms with Gasteiger partial charge in [0, 0.05) is 18.7 Å². The van der Waals surface area contributed by atoms with Gasteiger partial charge in [-0.15, -0.1) is 0 Å². The van der Waals surface area contributed by atoms with Crippen LogP contribution in [-0.4, -0.2) is 32.0 Å². The van der Waals surface area contributed by atoms with Crippen molar-refractivity contribution in [1.82, 2.24) is 4.90 Å². The predicted molar refractivity (Wildman–Crippen MR) is 86.1 cm³/mol. The Morgan fingerprint density at radius 1 is 1.11 bits per heavy atom. The van der Waals surface area contributed by atoms with Crippen LogP contribution in [0.5, 0.6) is 0 Å². The minimum atomic E-state index is -1.52. The maximum Gasteiger partial charge on any atom is 0.253 e. The Morgan fingerprint density at radius 3 is 2.05 bits per heavy atom. The van der Waals surface area contributed by atoms with Gasteiger partial charge in [-0.3, -0.25) is 4.79 Å². The molecule has 19 heavy (non-hydrogen) atoms. The van der Waals surface area contributed by atoms with Crippen molar-refractivity contribution >= 4 is 19.2 Å². The molecule has 0 saturated heterocycles. The number of nitrogens with zero attached hydrogens (tertiary/aromatic N) is 1. The first kappa shape index (κ1) is 16.0. The Morgan fingerprint density at radius 2 is 1.63 bits per heavy atom. The van der Waals surface area contributed by atoms with Crippen molar-refractivity contribution in [2.24, 2.45) is 0 Å². The van der Waals surface area contributed by atoms with Gasteiger partial charge >= 0.3 is 0 Å². The van der Waals surface area contributed by atoms with E-state index in [-0.39, 0.29) is 5.91 Å². The Bertz CT molecular complexity index is 470. The van der Waals surface area contributed by atoms with Crippen LogP contribution in [-0.2, 0) is 0 Å². The number of amides is 1. The summed E-state index contributed by atoms with van der Waals surface area (Å²) >= 11 is 0. The average Bonchev–Trinajstić information content (AvgIpc) is 2.28. The molecule has 106 valence electrons. The van der Waals surface area contributed by atoms with E-state index in [0.29, 0.717) is 0 Å². The number of hydrogen-bond acceptors (Lipinski definition) is 1. The topological polar surface area (TPSA) is 20.3 Å². The number of rotatable bonds is 4. The molecule has 0 radical (unpaired) electrons. The summed E-state index contributed by atoms with van der Waals surface area (Å²) in [5.41, 5.74) is 3.33. The van der Waals surface area contributed by atoms with Gasteiger partial charge in [0.15, 0.2) is 0 Å². The number of aryl methyl sites for hydroxylation is 2. The molecule has 0 aliphatic carbocycles. The van der Waals surface area contributed by atoms with Crippen LogP contribution < -0.4 is 5.19 Å². The SMILES string of the molecule is CCN(CC)C(=O)c1c(C)cc(C)cc1[Si](C)(C)C. The van der Waals surface area contributed by atoms with Gasteiger partial charge in [0.25, 0.3) is 5.91 Å². The van der Waals surface area contributed by atoms with Crippen LogP contribution >= 0.6 is 0 Å². The van der Waals surface area contributed by atoms with Gasteiger partial charge in [0.05, 0.1) is 8.07 Å². The van der Waals surface area contributed by atoms with E-state index in [0.717, 1.165) is 24.2 Å². The van der Waals surface area contributed by atoms with Crippen LogP contribution in [0.2, 0.25) is 19.6 Å². The predicted octanol–water partition coefficient (Wildman–Crippen LogP) is 3.33. The molecular formula is C16H27NOSi. The zero-order chi connectivity index (χ0) is 14.8. The van der Waals surface area contributed by atoms with Gasteiger partial charge in [-0.25, -0.2) is 0 Å². The monoisotopic (exact) mass is 277 g/mol. The highest BCUT2D eigenvalue weighted by molar-refractivity contribution is 6.89. The molecule has 3 heteroatoms. The lowest BCUT2D eigenvalue weighted by Gasteiger charge is -2.27. The zero-order valence-corrected chi connectivity index (χ0v) is 14.4. The highest BCUT2D eigenvalue weighted by Crippen LogP contribution is 2.16. The molecule has 0 spiro atoms. The second-order valence-electron chi connectivity index (χ2n) is 6.23. The first-order valence-electron chi connectivity index (χ1n) is 7.13. The van der Waals surface area contributed by atoms with Crippen LogP contribution in [0, 0.1) is 13.8 Å². The average molecular weight is 277 g/mol. The number of hydrogen-bond donors (Lipinski definition) is 0. The van der Waals surface area contributed by atoms with Crippen molar-refractivity contribution in [3.8, 4) is 0 Å². The van der Waals surface area contributed by atoms with Crippen molar-refractivity contribution < 1.29 is 4.79 Å². The van der Waals surface area contributed by atoms with Crippen molar-refractivity contribution in [3.63, 3.8) is 0 Å². The first-order chi connectivity index (χ1) is 8.72. The molecule has 0 aliphatic heterocycles. The van der Waals surface area contributed by atoms with Gasteiger partial charge in [0.1, 0.15) is 0 Å². The molecule has 0 aliphatic rings. The fourth-order valence-corrected chi connectivity index (χ4v) is 4.23. The van der Waals surface area contributed by atoms with Gasteiger partial charge in [-0.2, -0.15) is 0 Å². The second-order valence-corrected chi connectivity index (χ2v) is 11.3. The van der Waals surface area contributed by atoms with Crippen LogP contribution in [0.1, 0.15) is 35.3 Å². The van der Waals surface area contributed by atoms with E-state index in [1.165, 1.54) is 10.8 Å². The van der Waals surface area contributed by atoms with Crippen LogP contribution in [0.3, 0.4) is 0 Å². The van der Waals surface area contributed by atoms with E-state index in [1.54, 1.807) is 0 Å². The highest BCUT2D eigenvalue weighted by Gasteiger charge is 2.27. The maximum absolute atomic E-state index is 12.8. The molecule has 0 bridgehead atoms. The summed E-state index contributed by atoms with van der Waals surface area (Å²) in [7, 11) is -1.52. The fourth-order valence-electron chi connectivity index (χ4n) is 2.51. The third kappa shape index (κ3) is 3.47. The smallest absolute Gasteiger partial charge is 0.253 e. The van der Waals surface area contributed by atoms with Crippen molar-refractivity contribution in [1.29, 1.82) is 0 Å². The van der Waals surface area contributed by atoms with E-state index in [1.807, 2.05) is 18.7 Å². The molecule has 1 aromatic rings. The molecule has 0 aromatic heterocycles. The van der Waals surface area contributed by atoms with Gasteiger partial charge in [-0.05, 0) is 38.4 Å². The number of carbonyl (C=O) groups is 1. The van der Waals surface area contributed by atoms with Gasteiger partial charge in [0.2, 0.25) is 0 Å². The molecule has 0 atom stereocenters. The van der Waals surface area contributed by atoms with E-state index < -0.39 is 8.07 Å². The molecule has 0 fully saturated rings. The first-order valence-corrected chi connectivity index (χ1v) is 10.6. The summed E-state index contributed by atoms with van der Waals surface area (Å²) in [5, 5.41) is 1.29. The highest BCUT2D eigenvalue weighted by atomic mass is 28.3. The summed E-state index contributed by atoms with van der Waals surface area (Å²) < 4.78 is 0. The maximum atomic E-state index is 12.8. The standard InChI is InChI=1S/C16H27NOSi/c1-8-17(9-2)16(18)15-13(4)10-12(3)11-14(15)19(5,6)7/h10-11H,8-9H2,1-7H3. The summed E-state index contributed by atoms with van der Waals surface area (Å²) in [6.07, 6.45) is 0. The summed E-state index contributed by atoms with van der Waals surface area (Å²) in [6, 6.07) is 4.34. The lowest BCUT2D eigenvalue weighted by molar-refractivity contribution is 0.0773. The van der Waals surface area contributed by atoms with Crippen molar-refractivity contribution in [2.45, 2.75) is 47.3 Å². The third-order valence-corrected chi connectivity index (χ3v) is 5.56. The lowest BCUT2D eigenvalue weighted by atomic mass is 10.0. The molecule has 2 nitrogen and oxygen atoms in total. The lowest BCUT2D eigenvalue weighted by Crippen LogP contribution is -2.45. The Hall–Kier alpha value is -1.09. The quantitative estimate of drug-likeness (QED) is 0.773. The van der Waals surface area contributed by atoms with Crippen LogP contribution in [0.4, 0.5) is 0 Å². The zero-order valence-electron chi connectivity index (χ0n) is 13.4. The van der Waals surface area contributed by atoms with E-state index in [9.17, 15) is 4.79 Å². The Balaban J connectivity index is 3.45. The summed E-state index contributed by atoms with van der Waals surface area (Å²) in [5.74, 6) is 0.194.